The molecule has 0 aliphatic heterocycles. The number of unbranched alkanes of at least 4 members (excludes halogenated alkanes) is 1. The maximum Gasteiger partial charge on any atom is 0.242 e. The number of anilines is 1. The van der Waals surface area contributed by atoms with Crippen molar-refractivity contribution in [2.24, 2.45) is 5.84 Å². The zero-order chi connectivity index (χ0) is 15.6. The molecule has 0 heterocycles. The fraction of sp³-hybridized carbons (Fsp3) is 0.538. The van der Waals surface area contributed by atoms with Crippen molar-refractivity contribution in [3.8, 4) is 0 Å². The molecular formula is C13H23N3O4S. The van der Waals surface area contributed by atoms with Gasteiger partial charge in [0.15, 0.2) is 0 Å². The van der Waals surface area contributed by atoms with Crippen LogP contribution >= 0.6 is 0 Å². The average Bonchev–Trinajstić information content (AvgIpc) is 2.50. The van der Waals surface area contributed by atoms with Gasteiger partial charge in [-0.25, -0.2) is 13.1 Å². The van der Waals surface area contributed by atoms with Crippen molar-refractivity contribution >= 4 is 15.7 Å². The minimum atomic E-state index is -3.56. The number of nitrogens with one attached hydrogen (secondary N) is 2. The van der Waals surface area contributed by atoms with Crippen LogP contribution in [0, 0.1) is 0 Å². The van der Waals surface area contributed by atoms with Crippen molar-refractivity contribution in [2.75, 3.05) is 38.9 Å². The molecule has 0 unspecified atom stereocenters. The summed E-state index contributed by atoms with van der Waals surface area (Å²) in [6, 6.07) is 6.48. The first-order valence-corrected chi connectivity index (χ1v) is 8.22. The molecule has 0 fully saturated rings. The number of methoxy groups -OCH3 is 1. The SMILES string of the molecule is COCCOCCCCNS(=O)(=O)c1ccccc1NN. The molecule has 0 atom stereocenters. The number of nitrogen functional groups attached to an aromatic ring is 1. The Labute approximate surface area is 125 Å². The molecule has 0 radical (unpaired) electrons. The van der Waals surface area contributed by atoms with Crippen LogP contribution < -0.4 is 16.0 Å². The molecule has 1 aromatic rings. The van der Waals surface area contributed by atoms with Gasteiger partial charge in [0.05, 0.1) is 18.9 Å². The van der Waals surface area contributed by atoms with Gasteiger partial charge in [0.2, 0.25) is 10.0 Å². The van der Waals surface area contributed by atoms with Gasteiger partial charge in [-0.2, -0.15) is 0 Å². The quantitative estimate of drug-likeness (QED) is 0.315. The van der Waals surface area contributed by atoms with Crippen LogP contribution in [0.2, 0.25) is 0 Å². The van der Waals surface area contributed by atoms with E-state index in [1.165, 1.54) is 6.07 Å². The molecule has 0 spiro atoms. The smallest absolute Gasteiger partial charge is 0.242 e. The van der Waals surface area contributed by atoms with Crippen LogP contribution in [-0.2, 0) is 19.5 Å². The van der Waals surface area contributed by atoms with Crippen molar-refractivity contribution in [3.63, 3.8) is 0 Å². The zero-order valence-electron chi connectivity index (χ0n) is 12.2. The summed E-state index contributed by atoms with van der Waals surface area (Å²) in [7, 11) is -1.94. The molecule has 0 amide bonds. The molecule has 8 heteroatoms. The highest BCUT2D eigenvalue weighted by molar-refractivity contribution is 7.89. The van der Waals surface area contributed by atoms with Gasteiger partial charge in [0.1, 0.15) is 4.90 Å². The van der Waals surface area contributed by atoms with E-state index in [1.54, 1.807) is 25.3 Å². The predicted octanol–water partition coefficient (Wildman–Crippen LogP) is 0.694. The van der Waals surface area contributed by atoms with Gasteiger partial charge in [-0.3, -0.25) is 5.84 Å². The lowest BCUT2D eigenvalue weighted by molar-refractivity contribution is 0.0689. The Bertz CT molecular complexity index is 508. The van der Waals surface area contributed by atoms with E-state index in [4.69, 9.17) is 15.3 Å². The normalized spacial score (nSPS) is 11.5. The number of benzene rings is 1. The topological polar surface area (TPSA) is 103 Å². The second-order valence-corrected chi connectivity index (χ2v) is 6.09. The average molecular weight is 317 g/mol. The third kappa shape index (κ3) is 6.40. The van der Waals surface area contributed by atoms with Crippen LogP contribution in [0.15, 0.2) is 29.2 Å². The minimum Gasteiger partial charge on any atom is -0.382 e. The van der Waals surface area contributed by atoms with Gasteiger partial charge in [-0.05, 0) is 25.0 Å². The maximum atomic E-state index is 12.1. The van der Waals surface area contributed by atoms with Gasteiger partial charge in [0.25, 0.3) is 0 Å². The summed E-state index contributed by atoms with van der Waals surface area (Å²) < 4.78 is 37.0. The van der Waals surface area contributed by atoms with Crippen LogP contribution in [0.4, 0.5) is 5.69 Å². The lowest BCUT2D eigenvalue weighted by atomic mass is 10.3. The van der Waals surface area contributed by atoms with Crippen molar-refractivity contribution < 1.29 is 17.9 Å². The summed E-state index contributed by atoms with van der Waals surface area (Å²) in [6.45, 7) is 2.06. The number of hydrogen-bond donors (Lipinski definition) is 3. The summed E-state index contributed by atoms with van der Waals surface area (Å²) in [5.74, 6) is 5.31. The Balaban J connectivity index is 2.33. The number of sulfonamides is 1. The number of nitrogens with two attached hydrogens (primary N) is 1. The highest BCUT2D eigenvalue weighted by atomic mass is 32.2. The van der Waals surface area contributed by atoms with Crippen molar-refractivity contribution in [3.05, 3.63) is 24.3 Å². The Morgan fingerprint density at radius 3 is 2.62 bits per heavy atom. The highest BCUT2D eigenvalue weighted by Gasteiger charge is 2.16. The second kappa shape index (κ2) is 9.69. The standard InChI is InChI=1S/C13H23N3O4S/c1-19-10-11-20-9-5-4-8-15-21(17,18)13-7-3-2-6-12(13)16-14/h2-3,6-7,15-16H,4-5,8-11,14H2,1H3. The number of rotatable bonds is 11. The Kier molecular flexibility index (Phi) is 8.24. The van der Waals surface area contributed by atoms with Gasteiger partial charge in [0, 0.05) is 20.3 Å². The van der Waals surface area contributed by atoms with Gasteiger partial charge in [-0.15, -0.1) is 0 Å². The van der Waals surface area contributed by atoms with Crippen LogP contribution in [0.5, 0.6) is 0 Å². The number of hydrogen-bond acceptors (Lipinski definition) is 6. The molecule has 0 saturated carbocycles. The monoisotopic (exact) mass is 317 g/mol. The van der Waals surface area contributed by atoms with E-state index in [-0.39, 0.29) is 4.90 Å². The summed E-state index contributed by atoms with van der Waals surface area (Å²) >= 11 is 0. The predicted molar refractivity (Wildman–Crippen MR) is 81.4 cm³/mol. The number of hydrazine groups is 1. The molecule has 120 valence electrons. The van der Waals surface area contributed by atoms with E-state index >= 15 is 0 Å². The fourth-order valence-corrected chi connectivity index (χ4v) is 2.92. The molecule has 1 aromatic carbocycles. The summed E-state index contributed by atoms with van der Waals surface area (Å²) in [4.78, 5) is 0.142. The molecule has 0 aliphatic carbocycles. The molecule has 7 nitrogen and oxygen atoms in total. The number of para-hydroxylation sites is 1. The van der Waals surface area contributed by atoms with E-state index in [2.05, 4.69) is 10.1 Å². The lowest BCUT2D eigenvalue weighted by Crippen LogP contribution is -2.26. The van der Waals surface area contributed by atoms with E-state index in [9.17, 15) is 8.42 Å². The first-order chi connectivity index (χ1) is 10.1. The first-order valence-electron chi connectivity index (χ1n) is 6.74. The van der Waals surface area contributed by atoms with Crippen molar-refractivity contribution in [1.82, 2.24) is 4.72 Å². The van der Waals surface area contributed by atoms with Crippen LogP contribution in [0.3, 0.4) is 0 Å². The Morgan fingerprint density at radius 2 is 1.90 bits per heavy atom. The van der Waals surface area contributed by atoms with Crippen molar-refractivity contribution in [2.45, 2.75) is 17.7 Å². The van der Waals surface area contributed by atoms with Gasteiger partial charge < -0.3 is 14.9 Å². The highest BCUT2D eigenvalue weighted by Crippen LogP contribution is 2.19. The molecule has 0 aliphatic rings. The number of ether oxygens (including phenoxy) is 2. The van der Waals surface area contributed by atoms with E-state index in [0.717, 1.165) is 6.42 Å². The lowest BCUT2D eigenvalue weighted by Gasteiger charge is -2.10. The molecular weight excluding hydrogens is 294 g/mol. The largest absolute Gasteiger partial charge is 0.382 e. The zero-order valence-corrected chi connectivity index (χ0v) is 13.0. The summed E-state index contributed by atoms with van der Waals surface area (Å²) in [6.07, 6.45) is 1.48. The Hall–Kier alpha value is -1.19. The molecule has 4 N–H and O–H groups in total. The van der Waals surface area contributed by atoms with E-state index in [1.807, 2.05) is 0 Å². The van der Waals surface area contributed by atoms with Crippen LogP contribution in [0.25, 0.3) is 0 Å². The van der Waals surface area contributed by atoms with Gasteiger partial charge >= 0.3 is 0 Å². The molecule has 0 bridgehead atoms. The second-order valence-electron chi connectivity index (χ2n) is 4.35. The fourth-order valence-electron chi connectivity index (χ4n) is 1.68. The first kappa shape index (κ1) is 17.9. The third-order valence-corrected chi connectivity index (χ3v) is 4.29. The van der Waals surface area contributed by atoms with E-state index in [0.29, 0.717) is 38.5 Å². The van der Waals surface area contributed by atoms with Crippen LogP contribution in [-0.4, -0.2) is 41.9 Å². The van der Waals surface area contributed by atoms with Gasteiger partial charge in [-0.1, -0.05) is 12.1 Å². The Morgan fingerprint density at radius 1 is 1.14 bits per heavy atom. The molecule has 1 rings (SSSR count). The summed E-state index contributed by atoms with van der Waals surface area (Å²) in [5, 5.41) is 0. The third-order valence-electron chi connectivity index (χ3n) is 2.77. The van der Waals surface area contributed by atoms with Crippen LogP contribution in [0.1, 0.15) is 12.8 Å². The molecule has 21 heavy (non-hydrogen) atoms. The van der Waals surface area contributed by atoms with Crippen molar-refractivity contribution in [1.29, 1.82) is 0 Å². The molecule has 0 saturated heterocycles. The maximum absolute atomic E-state index is 12.1. The summed E-state index contributed by atoms with van der Waals surface area (Å²) in [5.41, 5.74) is 2.75. The molecule has 0 aromatic heterocycles. The van der Waals surface area contributed by atoms with E-state index < -0.39 is 10.0 Å². The minimum absolute atomic E-state index is 0.142.